The Hall–Kier alpha value is -1.87. The normalized spacial score (nSPS) is 16.8. The van der Waals surface area contributed by atoms with E-state index < -0.39 is 14.2 Å². The molecular weight excluding hydrogens is 442 g/mol. The van der Waals surface area contributed by atoms with Gasteiger partial charge in [-0.25, -0.2) is 18.5 Å². The van der Waals surface area contributed by atoms with Crippen LogP contribution in [0.3, 0.4) is 0 Å². The summed E-state index contributed by atoms with van der Waals surface area (Å²) in [5.41, 5.74) is 4.17. The summed E-state index contributed by atoms with van der Waals surface area (Å²) >= 11 is 8.02. The highest BCUT2D eigenvalue weighted by molar-refractivity contribution is 7.91. The summed E-state index contributed by atoms with van der Waals surface area (Å²) in [6.45, 7) is 5.08. The number of halogens is 1. The molecule has 0 saturated carbocycles. The van der Waals surface area contributed by atoms with E-state index in [4.69, 9.17) is 26.5 Å². The van der Waals surface area contributed by atoms with Crippen molar-refractivity contribution in [1.82, 2.24) is 4.98 Å². The van der Waals surface area contributed by atoms with E-state index in [2.05, 4.69) is 24.0 Å². The van der Waals surface area contributed by atoms with Gasteiger partial charge in [0.25, 0.3) is 0 Å². The van der Waals surface area contributed by atoms with Crippen molar-refractivity contribution in [1.29, 1.82) is 0 Å². The Morgan fingerprint density at radius 3 is 2.57 bits per heavy atom. The standard InChI is InChI=1S/C21H24ClN3O3S2/c1-13-11-17(25-9-7-21(22,8-10-25)30(23,26)27)19-18(14(2)29-20(19)24-13)15-5-4-6-16(12-15)28-3/h4-6,11-12H,7-10H2,1-3H3,(H2,23,26,27). The summed E-state index contributed by atoms with van der Waals surface area (Å²) in [6.07, 6.45) is 0.543. The second-order valence-electron chi connectivity index (χ2n) is 7.64. The van der Waals surface area contributed by atoms with Gasteiger partial charge in [-0.15, -0.1) is 22.9 Å². The predicted octanol–water partition coefficient (Wildman–Crippen LogP) is 4.41. The number of ether oxygens (including phenoxy) is 1. The fraction of sp³-hybridized carbons (Fsp3) is 0.381. The first-order chi connectivity index (χ1) is 14.1. The van der Waals surface area contributed by atoms with Crippen molar-refractivity contribution in [3.05, 3.63) is 40.9 Å². The third kappa shape index (κ3) is 3.66. The summed E-state index contributed by atoms with van der Waals surface area (Å²) in [7, 11) is -2.16. The lowest BCUT2D eigenvalue weighted by Gasteiger charge is -2.37. The number of nitrogens with zero attached hydrogens (tertiary/aromatic N) is 2. The van der Waals surface area contributed by atoms with Gasteiger partial charge in [-0.2, -0.15) is 0 Å². The maximum absolute atomic E-state index is 11.9. The van der Waals surface area contributed by atoms with Crippen molar-refractivity contribution in [2.24, 2.45) is 5.14 Å². The number of anilines is 1. The first-order valence-electron chi connectivity index (χ1n) is 9.64. The van der Waals surface area contributed by atoms with E-state index in [9.17, 15) is 8.42 Å². The number of pyridine rings is 1. The van der Waals surface area contributed by atoms with Crippen LogP contribution in [0, 0.1) is 13.8 Å². The zero-order valence-corrected chi connectivity index (χ0v) is 19.5. The monoisotopic (exact) mass is 465 g/mol. The largest absolute Gasteiger partial charge is 0.497 e. The number of rotatable bonds is 4. The Morgan fingerprint density at radius 1 is 1.23 bits per heavy atom. The number of methoxy groups -OCH3 is 1. The minimum absolute atomic E-state index is 0.272. The smallest absolute Gasteiger partial charge is 0.229 e. The van der Waals surface area contributed by atoms with Crippen LogP contribution in [0.25, 0.3) is 21.3 Å². The van der Waals surface area contributed by atoms with Crippen molar-refractivity contribution < 1.29 is 13.2 Å². The van der Waals surface area contributed by atoms with Gasteiger partial charge in [0.15, 0.2) is 4.21 Å². The highest BCUT2D eigenvalue weighted by atomic mass is 35.5. The van der Waals surface area contributed by atoms with Crippen LogP contribution in [0.1, 0.15) is 23.4 Å². The van der Waals surface area contributed by atoms with E-state index in [1.165, 1.54) is 4.88 Å². The Kier molecular flexibility index (Phi) is 5.47. The van der Waals surface area contributed by atoms with E-state index in [1.54, 1.807) is 18.4 Å². The predicted molar refractivity (Wildman–Crippen MR) is 124 cm³/mol. The van der Waals surface area contributed by atoms with Gasteiger partial charge in [-0.1, -0.05) is 12.1 Å². The number of thiophene rings is 1. The molecule has 30 heavy (non-hydrogen) atoms. The molecule has 0 unspecified atom stereocenters. The van der Waals surface area contributed by atoms with E-state index in [0.717, 1.165) is 38.5 Å². The van der Waals surface area contributed by atoms with Gasteiger partial charge in [0.2, 0.25) is 10.0 Å². The Labute approximate surface area is 185 Å². The molecule has 0 aliphatic carbocycles. The molecule has 1 fully saturated rings. The van der Waals surface area contributed by atoms with Crippen LogP contribution >= 0.6 is 22.9 Å². The molecule has 2 aromatic heterocycles. The molecule has 3 aromatic rings. The molecule has 1 aliphatic heterocycles. The van der Waals surface area contributed by atoms with Gasteiger partial charge in [-0.3, -0.25) is 0 Å². The average molecular weight is 466 g/mol. The Morgan fingerprint density at radius 2 is 1.93 bits per heavy atom. The lowest BCUT2D eigenvalue weighted by Crippen LogP contribution is -2.48. The summed E-state index contributed by atoms with van der Waals surface area (Å²) in [5, 5.41) is 6.45. The number of alkyl halides is 1. The molecule has 2 N–H and O–H groups in total. The Balaban J connectivity index is 1.83. The SMILES string of the molecule is COc1cccc(-c2c(C)sc3nc(C)cc(N4CCC(Cl)(S(N)(=O)=O)CC4)c23)c1. The van der Waals surface area contributed by atoms with Gasteiger partial charge < -0.3 is 9.64 Å². The van der Waals surface area contributed by atoms with Gasteiger partial charge in [-0.05, 0) is 50.5 Å². The van der Waals surface area contributed by atoms with Crippen LogP contribution in [-0.2, 0) is 10.0 Å². The molecule has 9 heteroatoms. The summed E-state index contributed by atoms with van der Waals surface area (Å²) in [4.78, 5) is 9.10. The van der Waals surface area contributed by atoms with Crippen molar-refractivity contribution >= 4 is 48.9 Å². The molecular formula is C21H24ClN3O3S2. The number of hydrogen-bond acceptors (Lipinski definition) is 6. The van der Waals surface area contributed by atoms with Crippen LogP contribution in [0.2, 0.25) is 0 Å². The zero-order valence-electron chi connectivity index (χ0n) is 17.1. The molecule has 3 heterocycles. The van der Waals surface area contributed by atoms with Crippen LogP contribution in [0.15, 0.2) is 30.3 Å². The molecule has 1 aliphatic rings. The molecule has 0 atom stereocenters. The summed E-state index contributed by atoms with van der Waals surface area (Å²) in [6, 6.07) is 10.1. The molecule has 1 saturated heterocycles. The molecule has 0 amide bonds. The maximum atomic E-state index is 11.9. The average Bonchev–Trinajstić information content (AvgIpc) is 3.02. The van der Waals surface area contributed by atoms with Crippen molar-refractivity contribution in [3.63, 3.8) is 0 Å². The molecule has 0 radical (unpaired) electrons. The second kappa shape index (κ2) is 7.67. The number of hydrogen-bond donors (Lipinski definition) is 1. The van der Waals surface area contributed by atoms with Crippen LogP contribution in [0.4, 0.5) is 5.69 Å². The maximum Gasteiger partial charge on any atom is 0.229 e. The van der Waals surface area contributed by atoms with E-state index >= 15 is 0 Å². The summed E-state index contributed by atoms with van der Waals surface area (Å²) in [5.74, 6) is 0.797. The fourth-order valence-electron chi connectivity index (χ4n) is 4.05. The van der Waals surface area contributed by atoms with E-state index in [0.29, 0.717) is 13.1 Å². The minimum atomic E-state index is -3.82. The van der Waals surface area contributed by atoms with E-state index in [1.807, 2.05) is 25.1 Å². The lowest BCUT2D eigenvalue weighted by molar-refractivity contribution is 0.415. The molecule has 4 rings (SSSR count). The van der Waals surface area contributed by atoms with Crippen molar-refractivity contribution in [2.45, 2.75) is 30.9 Å². The van der Waals surface area contributed by atoms with Gasteiger partial charge in [0.1, 0.15) is 10.6 Å². The molecule has 0 spiro atoms. The number of sulfonamides is 1. The zero-order chi connectivity index (χ0) is 21.7. The first kappa shape index (κ1) is 21.4. The van der Waals surface area contributed by atoms with Crippen LogP contribution in [-0.4, -0.2) is 37.8 Å². The van der Waals surface area contributed by atoms with E-state index in [-0.39, 0.29) is 12.8 Å². The molecule has 160 valence electrons. The number of aryl methyl sites for hydroxylation is 2. The first-order valence-corrected chi connectivity index (χ1v) is 12.4. The number of fused-ring (bicyclic) bond motifs is 1. The third-order valence-corrected chi connectivity index (χ3v) is 9.11. The number of nitrogens with two attached hydrogens (primary N) is 1. The van der Waals surface area contributed by atoms with Crippen molar-refractivity contribution in [2.75, 3.05) is 25.1 Å². The topological polar surface area (TPSA) is 85.5 Å². The molecule has 1 aromatic carbocycles. The number of benzene rings is 1. The highest BCUT2D eigenvalue weighted by Crippen LogP contribution is 2.45. The Bertz CT molecular complexity index is 1220. The minimum Gasteiger partial charge on any atom is -0.497 e. The number of primary sulfonamides is 1. The van der Waals surface area contributed by atoms with Crippen molar-refractivity contribution in [3.8, 4) is 16.9 Å². The molecule has 6 nitrogen and oxygen atoms in total. The highest BCUT2D eigenvalue weighted by Gasteiger charge is 2.42. The molecule has 0 bridgehead atoms. The van der Waals surface area contributed by atoms with Gasteiger partial charge in [0.05, 0.1) is 7.11 Å². The van der Waals surface area contributed by atoms with Gasteiger partial charge in [0, 0.05) is 40.3 Å². The fourth-order valence-corrected chi connectivity index (χ4v) is 6.08. The summed E-state index contributed by atoms with van der Waals surface area (Å²) < 4.78 is 27.9. The van der Waals surface area contributed by atoms with Crippen LogP contribution < -0.4 is 14.8 Å². The van der Waals surface area contributed by atoms with Crippen LogP contribution in [0.5, 0.6) is 5.75 Å². The van der Waals surface area contributed by atoms with Gasteiger partial charge >= 0.3 is 0 Å². The quantitative estimate of drug-likeness (QED) is 0.576. The number of aromatic nitrogens is 1. The third-order valence-electron chi connectivity index (χ3n) is 5.66. The second-order valence-corrected chi connectivity index (χ2v) is 11.7. The lowest BCUT2D eigenvalue weighted by atomic mass is 10.00. The number of piperidine rings is 1.